The van der Waals surface area contributed by atoms with Crippen molar-refractivity contribution in [1.29, 1.82) is 0 Å². The van der Waals surface area contributed by atoms with Crippen LogP contribution in [0.5, 0.6) is 5.75 Å². The minimum absolute atomic E-state index is 0.0319. The number of aliphatic hydroxyl groups excluding tert-OH is 1. The molecule has 0 unspecified atom stereocenters. The van der Waals surface area contributed by atoms with Crippen LogP contribution in [0.1, 0.15) is 17.9 Å². The van der Waals surface area contributed by atoms with Gasteiger partial charge in [0.2, 0.25) is 0 Å². The smallest absolute Gasteiger partial charge is 0.320 e. The summed E-state index contributed by atoms with van der Waals surface area (Å²) in [5, 5.41) is 8.87. The lowest BCUT2D eigenvalue weighted by atomic mass is 10.2. The first-order chi connectivity index (χ1) is 8.70. The van der Waals surface area contributed by atoms with E-state index in [2.05, 4.69) is 4.98 Å². The Morgan fingerprint density at radius 2 is 2.00 bits per heavy atom. The number of aliphatic hydroxyl groups is 1. The van der Waals surface area contributed by atoms with Crippen molar-refractivity contribution < 1.29 is 18.6 Å². The van der Waals surface area contributed by atoms with Gasteiger partial charge in [-0.25, -0.2) is 4.98 Å². The van der Waals surface area contributed by atoms with Crippen molar-refractivity contribution in [2.24, 2.45) is 0 Å². The van der Waals surface area contributed by atoms with E-state index < -0.39 is 6.55 Å². The number of halogens is 2. The SMILES string of the molecule is OCc1ccc(OCc2nccn2C(F)F)cc1. The zero-order chi connectivity index (χ0) is 13.0. The minimum atomic E-state index is -2.62. The fourth-order valence-electron chi connectivity index (χ4n) is 1.47. The molecule has 96 valence electrons. The van der Waals surface area contributed by atoms with Crippen LogP contribution in [-0.4, -0.2) is 14.7 Å². The summed E-state index contributed by atoms with van der Waals surface area (Å²) in [7, 11) is 0. The summed E-state index contributed by atoms with van der Waals surface area (Å²) in [6.45, 7) is -2.70. The third-order valence-corrected chi connectivity index (χ3v) is 2.43. The molecule has 0 aliphatic rings. The Bertz CT molecular complexity index is 497. The van der Waals surface area contributed by atoms with E-state index in [1.54, 1.807) is 24.3 Å². The standard InChI is InChI=1S/C12H12F2N2O2/c13-12(14)16-6-5-15-11(16)8-18-10-3-1-9(7-17)2-4-10/h1-6,12,17H,7-8H2. The summed E-state index contributed by atoms with van der Waals surface area (Å²) in [5.74, 6) is 0.701. The second-order valence-electron chi connectivity index (χ2n) is 3.62. The molecule has 0 bridgehead atoms. The van der Waals surface area contributed by atoms with Gasteiger partial charge in [-0.2, -0.15) is 8.78 Å². The second-order valence-corrected chi connectivity index (χ2v) is 3.62. The number of imidazole rings is 1. The Morgan fingerprint density at radius 1 is 1.28 bits per heavy atom. The number of alkyl halides is 2. The van der Waals surface area contributed by atoms with Crippen molar-refractivity contribution in [3.05, 3.63) is 48.0 Å². The van der Waals surface area contributed by atoms with Gasteiger partial charge in [-0.05, 0) is 17.7 Å². The van der Waals surface area contributed by atoms with Crippen LogP contribution in [0.15, 0.2) is 36.7 Å². The van der Waals surface area contributed by atoms with Crippen molar-refractivity contribution >= 4 is 0 Å². The van der Waals surface area contributed by atoms with Crippen LogP contribution in [0, 0.1) is 0 Å². The van der Waals surface area contributed by atoms with Gasteiger partial charge in [0.05, 0.1) is 6.61 Å². The van der Waals surface area contributed by atoms with E-state index in [9.17, 15) is 8.78 Å². The molecule has 1 N–H and O–H groups in total. The minimum Gasteiger partial charge on any atom is -0.486 e. The molecule has 2 rings (SSSR count). The Kier molecular flexibility index (Phi) is 3.88. The van der Waals surface area contributed by atoms with E-state index in [0.717, 1.165) is 10.1 Å². The summed E-state index contributed by atoms with van der Waals surface area (Å²) in [6.07, 6.45) is 2.51. The van der Waals surface area contributed by atoms with E-state index in [-0.39, 0.29) is 19.0 Å². The molecule has 1 aromatic carbocycles. The molecule has 4 nitrogen and oxygen atoms in total. The van der Waals surface area contributed by atoms with Gasteiger partial charge >= 0.3 is 6.55 Å². The van der Waals surface area contributed by atoms with Gasteiger partial charge in [-0.1, -0.05) is 12.1 Å². The summed E-state index contributed by atoms with van der Waals surface area (Å²) >= 11 is 0. The van der Waals surface area contributed by atoms with Gasteiger partial charge in [0.25, 0.3) is 0 Å². The molecule has 6 heteroatoms. The molecule has 0 spiro atoms. The number of nitrogens with zero attached hydrogens (tertiary/aromatic N) is 2. The highest BCUT2D eigenvalue weighted by molar-refractivity contribution is 5.26. The van der Waals surface area contributed by atoms with Crippen molar-refractivity contribution in [3.8, 4) is 5.75 Å². The summed E-state index contributed by atoms with van der Waals surface area (Å²) in [6, 6.07) is 6.74. The first kappa shape index (κ1) is 12.5. The monoisotopic (exact) mass is 254 g/mol. The first-order valence-electron chi connectivity index (χ1n) is 5.33. The average Bonchev–Trinajstić information content (AvgIpc) is 2.85. The van der Waals surface area contributed by atoms with E-state index >= 15 is 0 Å². The lowest BCUT2D eigenvalue weighted by molar-refractivity contribution is 0.0632. The Hall–Kier alpha value is -1.95. The fourth-order valence-corrected chi connectivity index (χ4v) is 1.47. The van der Waals surface area contributed by atoms with Crippen LogP contribution < -0.4 is 4.74 Å². The zero-order valence-corrected chi connectivity index (χ0v) is 9.46. The van der Waals surface area contributed by atoms with E-state index in [1.165, 1.54) is 12.4 Å². The zero-order valence-electron chi connectivity index (χ0n) is 9.46. The Morgan fingerprint density at radius 3 is 2.61 bits per heavy atom. The van der Waals surface area contributed by atoms with Crippen LogP contribution in [0.2, 0.25) is 0 Å². The van der Waals surface area contributed by atoms with Gasteiger partial charge < -0.3 is 9.84 Å². The van der Waals surface area contributed by atoms with Gasteiger partial charge in [0, 0.05) is 12.4 Å². The quantitative estimate of drug-likeness (QED) is 0.890. The van der Waals surface area contributed by atoms with Crippen molar-refractivity contribution in [1.82, 2.24) is 9.55 Å². The van der Waals surface area contributed by atoms with Crippen LogP contribution in [0.3, 0.4) is 0 Å². The second kappa shape index (κ2) is 5.59. The van der Waals surface area contributed by atoms with Gasteiger partial charge in [-0.3, -0.25) is 4.57 Å². The van der Waals surface area contributed by atoms with Crippen molar-refractivity contribution in [2.75, 3.05) is 0 Å². The topological polar surface area (TPSA) is 47.3 Å². The molecule has 1 heterocycles. The number of hydrogen-bond acceptors (Lipinski definition) is 3. The largest absolute Gasteiger partial charge is 0.486 e. The molecule has 0 radical (unpaired) electrons. The number of ether oxygens (including phenoxy) is 1. The van der Waals surface area contributed by atoms with Crippen molar-refractivity contribution in [3.63, 3.8) is 0 Å². The predicted octanol–water partition coefficient (Wildman–Crippen LogP) is 2.35. The van der Waals surface area contributed by atoms with Gasteiger partial charge in [0.1, 0.15) is 12.4 Å². The summed E-state index contributed by atoms with van der Waals surface area (Å²) in [4.78, 5) is 3.80. The molecular weight excluding hydrogens is 242 g/mol. The number of rotatable bonds is 5. The lowest BCUT2D eigenvalue weighted by Gasteiger charge is -2.08. The summed E-state index contributed by atoms with van der Waals surface area (Å²) in [5.41, 5.74) is 0.761. The van der Waals surface area contributed by atoms with Crippen LogP contribution in [0.25, 0.3) is 0 Å². The maximum Gasteiger partial charge on any atom is 0.320 e. The van der Waals surface area contributed by atoms with E-state index in [1.807, 2.05) is 0 Å². The Balaban J connectivity index is 2.00. The third-order valence-electron chi connectivity index (χ3n) is 2.43. The van der Waals surface area contributed by atoms with Gasteiger partial charge in [0.15, 0.2) is 5.82 Å². The van der Waals surface area contributed by atoms with E-state index in [4.69, 9.17) is 9.84 Å². The molecule has 0 saturated carbocycles. The highest BCUT2D eigenvalue weighted by atomic mass is 19.3. The summed E-state index contributed by atoms with van der Waals surface area (Å²) < 4.78 is 31.1. The number of hydrogen-bond donors (Lipinski definition) is 1. The lowest BCUT2D eigenvalue weighted by Crippen LogP contribution is -2.07. The molecule has 0 amide bonds. The number of aromatic nitrogens is 2. The molecule has 2 aromatic rings. The maximum absolute atomic E-state index is 12.5. The van der Waals surface area contributed by atoms with Crippen molar-refractivity contribution in [2.45, 2.75) is 19.8 Å². The van der Waals surface area contributed by atoms with Gasteiger partial charge in [-0.15, -0.1) is 0 Å². The molecule has 0 fully saturated rings. The Labute approximate surface area is 102 Å². The first-order valence-corrected chi connectivity index (χ1v) is 5.33. The average molecular weight is 254 g/mol. The fraction of sp³-hybridized carbons (Fsp3) is 0.250. The number of benzene rings is 1. The molecule has 18 heavy (non-hydrogen) atoms. The molecule has 0 saturated heterocycles. The maximum atomic E-state index is 12.5. The molecule has 0 aliphatic heterocycles. The van der Waals surface area contributed by atoms with Crippen LogP contribution in [-0.2, 0) is 13.2 Å². The molecule has 1 aromatic heterocycles. The molecular formula is C12H12F2N2O2. The van der Waals surface area contributed by atoms with E-state index in [0.29, 0.717) is 5.75 Å². The molecule has 0 aliphatic carbocycles. The van der Waals surface area contributed by atoms with Crippen LogP contribution >= 0.6 is 0 Å². The third kappa shape index (κ3) is 2.84. The predicted molar refractivity (Wildman–Crippen MR) is 60.2 cm³/mol. The molecule has 0 atom stereocenters. The highest BCUT2D eigenvalue weighted by Crippen LogP contribution is 2.16. The van der Waals surface area contributed by atoms with Crippen LogP contribution in [0.4, 0.5) is 8.78 Å². The normalized spacial score (nSPS) is 10.9. The highest BCUT2D eigenvalue weighted by Gasteiger charge is 2.11.